The minimum atomic E-state index is -1.02. The first-order valence-corrected chi connectivity index (χ1v) is 11.9. The highest BCUT2D eigenvalue weighted by Gasteiger charge is 2.41. The average Bonchev–Trinajstić information content (AvgIpc) is 3.22. The van der Waals surface area contributed by atoms with Crippen LogP contribution in [-0.4, -0.2) is 65.7 Å². The van der Waals surface area contributed by atoms with Crippen molar-refractivity contribution in [3.8, 4) is 10.6 Å². The van der Waals surface area contributed by atoms with E-state index in [2.05, 4.69) is 20.6 Å². The lowest BCUT2D eigenvalue weighted by atomic mass is 10.1. The van der Waals surface area contributed by atoms with Crippen LogP contribution in [0.2, 0.25) is 0 Å². The molecule has 0 radical (unpaired) electrons. The highest BCUT2D eigenvalue weighted by molar-refractivity contribution is 7.21. The van der Waals surface area contributed by atoms with Crippen molar-refractivity contribution in [1.29, 1.82) is 0 Å². The Morgan fingerprint density at radius 1 is 1.03 bits per heavy atom. The van der Waals surface area contributed by atoms with E-state index in [9.17, 15) is 15.3 Å². The highest BCUT2D eigenvalue weighted by Crippen LogP contribution is 2.38. The third-order valence-electron chi connectivity index (χ3n) is 5.83. The molecular weight excluding hydrogens is 440 g/mol. The molecule has 0 aromatic carbocycles. The zero-order valence-electron chi connectivity index (χ0n) is 19.8. The number of hydrogen-bond donors (Lipinski definition) is 5. The third-order valence-corrected chi connectivity index (χ3v) is 6.85. The van der Waals surface area contributed by atoms with Crippen molar-refractivity contribution in [1.82, 2.24) is 19.9 Å². The van der Waals surface area contributed by atoms with Gasteiger partial charge in [-0.3, -0.25) is 4.98 Å². The quantitative estimate of drug-likeness (QED) is 0.380. The number of rotatable bonds is 5. The fourth-order valence-corrected chi connectivity index (χ4v) is 5.50. The number of aliphatic hydroxyl groups excluding tert-OH is 3. The van der Waals surface area contributed by atoms with Gasteiger partial charge < -0.3 is 26.0 Å². The zero-order valence-corrected chi connectivity index (χ0v) is 20.7. The summed E-state index contributed by atoms with van der Waals surface area (Å²) in [6.07, 6.45) is -1.59. The smallest absolute Gasteiger partial charge is 0.225 e. The second-order valence-electron chi connectivity index (χ2n) is 9.86. The predicted molar refractivity (Wildman–Crippen MR) is 131 cm³/mol. The first kappa shape index (κ1) is 23.7. The van der Waals surface area contributed by atoms with Gasteiger partial charge in [0.2, 0.25) is 5.95 Å². The van der Waals surface area contributed by atoms with E-state index in [-0.39, 0.29) is 12.1 Å². The van der Waals surface area contributed by atoms with Crippen LogP contribution < -0.4 is 10.6 Å². The molecule has 5 N–H and O–H groups in total. The maximum Gasteiger partial charge on any atom is 0.225 e. The van der Waals surface area contributed by atoms with E-state index in [1.807, 2.05) is 47.6 Å². The third kappa shape index (κ3) is 4.79. The Hall–Kier alpha value is -2.40. The fraction of sp³-hybridized carbons (Fsp3) is 0.565. The van der Waals surface area contributed by atoms with Crippen molar-refractivity contribution in [2.24, 2.45) is 5.92 Å². The molecule has 10 heteroatoms. The lowest BCUT2D eigenvalue weighted by molar-refractivity contribution is 0.00446. The van der Waals surface area contributed by atoms with Gasteiger partial charge in [0.15, 0.2) is 0 Å². The van der Waals surface area contributed by atoms with Crippen LogP contribution >= 0.6 is 11.3 Å². The molecule has 1 aliphatic rings. The fourth-order valence-electron chi connectivity index (χ4n) is 4.28. The SMILES string of the molecule is Cc1cc2sc(-c3c(C)nc(NC(C)(C)C)nc3N[C@@H]3C[C@H](CO)[C@@H](O)[C@H]3O)nc2c(C)n1. The molecule has 0 bridgehead atoms. The van der Waals surface area contributed by atoms with E-state index in [4.69, 9.17) is 9.97 Å². The van der Waals surface area contributed by atoms with E-state index in [1.54, 1.807) is 11.3 Å². The van der Waals surface area contributed by atoms with Crippen molar-refractivity contribution in [3.63, 3.8) is 0 Å². The summed E-state index contributed by atoms with van der Waals surface area (Å²) >= 11 is 1.55. The second kappa shape index (κ2) is 8.75. The zero-order chi connectivity index (χ0) is 24.1. The summed E-state index contributed by atoms with van der Waals surface area (Å²) < 4.78 is 1.04. The van der Waals surface area contributed by atoms with Gasteiger partial charge in [0, 0.05) is 23.8 Å². The molecule has 0 unspecified atom stereocenters. The van der Waals surface area contributed by atoms with E-state index in [0.29, 0.717) is 18.2 Å². The van der Waals surface area contributed by atoms with Crippen molar-refractivity contribution in [2.75, 3.05) is 17.2 Å². The predicted octanol–water partition coefficient (Wildman–Crippen LogP) is 2.80. The molecule has 1 saturated carbocycles. The Morgan fingerprint density at radius 3 is 2.39 bits per heavy atom. The Morgan fingerprint density at radius 2 is 1.76 bits per heavy atom. The molecule has 0 spiro atoms. The van der Waals surface area contributed by atoms with E-state index >= 15 is 0 Å². The molecule has 3 heterocycles. The summed E-state index contributed by atoms with van der Waals surface area (Å²) in [5.74, 6) is 0.605. The minimum Gasteiger partial charge on any atom is -0.396 e. The van der Waals surface area contributed by atoms with Crippen molar-refractivity contribution >= 4 is 33.3 Å². The van der Waals surface area contributed by atoms with Gasteiger partial charge in [-0.1, -0.05) is 0 Å². The van der Waals surface area contributed by atoms with Crippen molar-refractivity contribution in [2.45, 2.75) is 71.8 Å². The molecule has 33 heavy (non-hydrogen) atoms. The molecule has 9 nitrogen and oxygen atoms in total. The number of aryl methyl sites for hydroxylation is 3. The molecular formula is C23H32N6O3S. The van der Waals surface area contributed by atoms with E-state index in [1.165, 1.54) is 0 Å². The molecule has 4 atom stereocenters. The first-order chi connectivity index (χ1) is 15.5. The number of fused-ring (bicyclic) bond motifs is 1. The molecule has 4 rings (SSSR count). The molecule has 3 aromatic rings. The summed E-state index contributed by atoms with van der Waals surface area (Å²) in [7, 11) is 0. The van der Waals surface area contributed by atoms with E-state index in [0.717, 1.165) is 37.9 Å². The topological polar surface area (TPSA) is 136 Å². The van der Waals surface area contributed by atoms with Crippen LogP contribution in [0.25, 0.3) is 20.8 Å². The van der Waals surface area contributed by atoms with Gasteiger partial charge in [-0.25, -0.2) is 9.97 Å². The Balaban J connectivity index is 1.82. The van der Waals surface area contributed by atoms with Gasteiger partial charge in [0.05, 0.1) is 33.8 Å². The summed E-state index contributed by atoms with van der Waals surface area (Å²) in [5.41, 5.74) is 3.90. The Kier molecular flexibility index (Phi) is 6.30. The lowest BCUT2D eigenvalue weighted by Crippen LogP contribution is -2.36. The van der Waals surface area contributed by atoms with Crippen molar-refractivity contribution < 1.29 is 15.3 Å². The number of nitrogens with one attached hydrogen (secondary N) is 2. The number of aliphatic hydroxyl groups is 3. The van der Waals surface area contributed by atoms with Crippen LogP contribution in [0.4, 0.5) is 11.8 Å². The Bertz CT molecular complexity index is 1180. The summed E-state index contributed by atoms with van der Waals surface area (Å²) in [6, 6.07) is 1.55. The lowest BCUT2D eigenvalue weighted by Gasteiger charge is -2.24. The number of anilines is 2. The molecule has 1 aliphatic carbocycles. The first-order valence-electron chi connectivity index (χ1n) is 11.1. The maximum absolute atomic E-state index is 10.6. The molecule has 0 saturated heterocycles. The van der Waals surface area contributed by atoms with Crippen LogP contribution in [-0.2, 0) is 0 Å². The van der Waals surface area contributed by atoms with Gasteiger partial charge in [-0.15, -0.1) is 11.3 Å². The van der Waals surface area contributed by atoms with Gasteiger partial charge in [0.25, 0.3) is 0 Å². The largest absolute Gasteiger partial charge is 0.396 e. The van der Waals surface area contributed by atoms with Crippen molar-refractivity contribution in [3.05, 3.63) is 23.1 Å². The van der Waals surface area contributed by atoms with Gasteiger partial charge in [0.1, 0.15) is 22.4 Å². The van der Waals surface area contributed by atoms with Gasteiger partial charge >= 0.3 is 0 Å². The Labute approximate surface area is 197 Å². The number of thiazole rings is 1. The number of pyridine rings is 1. The summed E-state index contributed by atoms with van der Waals surface area (Å²) in [4.78, 5) is 18.8. The summed E-state index contributed by atoms with van der Waals surface area (Å²) in [5, 5.41) is 37.8. The highest BCUT2D eigenvalue weighted by atomic mass is 32.1. The number of nitrogens with zero attached hydrogens (tertiary/aromatic N) is 4. The van der Waals surface area contributed by atoms with Gasteiger partial charge in [-0.2, -0.15) is 4.98 Å². The van der Waals surface area contributed by atoms with Crippen LogP contribution in [0.1, 0.15) is 44.3 Å². The van der Waals surface area contributed by atoms with Crippen LogP contribution in [0.3, 0.4) is 0 Å². The summed E-state index contributed by atoms with van der Waals surface area (Å²) in [6.45, 7) is 11.7. The second-order valence-corrected chi connectivity index (χ2v) is 10.9. The van der Waals surface area contributed by atoms with Gasteiger partial charge in [-0.05, 0) is 54.0 Å². The standard InChI is InChI=1S/C23H32N6O3S/c1-10-7-15-17(12(3)24-10)27-21(33-15)16-11(2)25-22(29-23(4,5)6)28-20(16)26-14-8-13(9-30)18(31)19(14)32/h7,13-14,18-19,30-32H,8-9H2,1-6H3,(H2,25,26,28,29)/t13-,14-,18-,19+/m1/s1. The monoisotopic (exact) mass is 472 g/mol. The number of aromatic nitrogens is 4. The minimum absolute atomic E-state index is 0.188. The normalized spacial score (nSPS) is 23.3. The average molecular weight is 473 g/mol. The molecule has 0 aliphatic heterocycles. The molecule has 3 aromatic heterocycles. The molecule has 1 fully saturated rings. The molecule has 0 amide bonds. The maximum atomic E-state index is 10.6. The molecule has 178 valence electrons. The van der Waals surface area contributed by atoms with Crippen LogP contribution in [0, 0.1) is 26.7 Å². The van der Waals surface area contributed by atoms with E-state index < -0.39 is 24.2 Å². The van der Waals surface area contributed by atoms with Crippen LogP contribution in [0.15, 0.2) is 6.07 Å². The number of hydrogen-bond acceptors (Lipinski definition) is 10. The van der Waals surface area contributed by atoms with Crippen LogP contribution in [0.5, 0.6) is 0 Å².